The molecule has 4 nitrogen and oxygen atoms in total. The maximum Gasteiger partial charge on any atom is 0.172 e. The first-order valence-electron chi connectivity index (χ1n) is 5.76. The molecule has 0 aliphatic rings. The zero-order chi connectivity index (χ0) is 13.1. The van der Waals surface area contributed by atoms with E-state index < -0.39 is 0 Å². The lowest BCUT2D eigenvalue weighted by atomic mass is 10.1. The number of carbonyl (C=O) groups excluding carboxylic acids is 1. The highest BCUT2D eigenvalue weighted by atomic mass is 19.1. The van der Waals surface area contributed by atoms with Gasteiger partial charge in [-0.15, -0.1) is 5.10 Å². The van der Waals surface area contributed by atoms with Crippen LogP contribution < -0.4 is 0 Å². The molecule has 94 valence electrons. The van der Waals surface area contributed by atoms with E-state index in [1.807, 2.05) is 0 Å². The van der Waals surface area contributed by atoms with E-state index >= 15 is 0 Å². The van der Waals surface area contributed by atoms with Gasteiger partial charge in [0.1, 0.15) is 5.82 Å². The van der Waals surface area contributed by atoms with Gasteiger partial charge in [-0.3, -0.25) is 4.79 Å². The highest BCUT2D eigenvalue weighted by molar-refractivity contribution is 5.83. The molecule has 2 rings (SSSR count). The molecule has 0 radical (unpaired) electrons. The summed E-state index contributed by atoms with van der Waals surface area (Å²) in [5.74, 6) is 0.0692. The zero-order valence-corrected chi connectivity index (χ0v) is 10.3. The minimum Gasteiger partial charge on any atom is -0.296 e. The Hall–Kier alpha value is -2.04. The molecule has 0 saturated heterocycles. The van der Waals surface area contributed by atoms with Crippen LogP contribution in [0.1, 0.15) is 24.3 Å². The molecule has 0 unspecified atom stereocenters. The van der Waals surface area contributed by atoms with Crippen LogP contribution in [0.3, 0.4) is 0 Å². The minimum absolute atomic E-state index is 0.280. The molecule has 0 fully saturated rings. The molecule has 0 spiro atoms. The Morgan fingerprint density at radius 1 is 1.33 bits per heavy atom. The standard InChI is InChI=1S/C13H14FN3O/c1-9(2)7-17-13(12(8-18)15-16-17)10-3-5-11(14)6-4-10/h3-6,8-9H,7H2,1-2H3. The lowest BCUT2D eigenvalue weighted by Gasteiger charge is -2.09. The van der Waals surface area contributed by atoms with E-state index in [-0.39, 0.29) is 11.5 Å². The van der Waals surface area contributed by atoms with E-state index in [4.69, 9.17) is 0 Å². The molecule has 1 aromatic carbocycles. The van der Waals surface area contributed by atoms with Crippen molar-refractivity contribution in [2.24, 2.45) is 5.92 Å². The number of carbonyl (C=O) groups is 1. The van der Waals surface area contributed by atoms with Crippen molar-refractivity contribution in [1.82, 2.24) is 15.0 Å². The van der Waals surface area contributed by atoms with E-state index in [1.165, 1.54) is 12.1 Å². The predicted octanol–water partition coefficient (Wildman–Crippen LogP) is 2.55. The smallest absolute Gasteiger partial charge is 0.172 e. The van der Waals surface area contributed by atoms with E-state index in [2.05, 4.69) is 24.2 Å². The number of aldehydes is 1. The molecule has 0 aliphatic heterocycles. The number of halogens is 1. The number of aromatic nitrogens is 3. The van der Waals surface area contributed by atoms with E-state index in [0.29, 0.717) is 24.4 Å². The Bertz CT molecular complexity index is 546. The number of rotatable bonds is 4. The molecule has 0 N–H and O–H groups in total. The summed E-state index contributed by atoms with van der Waals surface area (Å²) in [5, 5.41) is 7.81. The van der Waals surface area contributed by atoms with Crippen molar-refractivity contribution in [2.45, 2.75) is 20.4 Å². The number of hydrogen-bond donors (Lipinski definition) is 0. The van der Waals surface area contributed by atoms with Crippen molar-refractivity contribution in [3.05, 3.63) is 35.8 Å². The molecular weight excluding hydrogens is 233 g/mol. The zero-order valence-electron chi connectivity index (χ0n) is 10.3. The van der Waals surface area contributed by atoms with Gasteiger partial charge in [0.05, 0.1) is 5.69 Å². The second kappa shape index (κ2) is 5.08. The van der Waals surface area contributed by atoms with Gasteiger partial charge in [0.2, 0.25) is 0 Å². The first kappa shape index (κ1) is 12.4. The fourth-order valence-corrected chi connectivity index (χ4v) is 1.78. The molecule has 0 saturated carbocycles. The van der Waals surface area contributed by atoms with Crippen molar-refractivity contribution in [3.63, 3.8) is 0 Å². The van der Waals surface area contributed by atoms with Gasteiger partial charge >= 0.3 is 0 Å². The van der Waals surface area contributed by atoms with Crippen molar-refractivity contribution >= 4 is 6.29 Å². The molecule has 0 atom stereocenters. The third kappa shape index (κ3) is 2.45. The number of hydrogen-bond acceptors (Lipinski definition) is 3. The second-order valence-electron chi connectivity index (χ2n) is 4.52. The first-order chi connectivity index (χ1) is 8.61. The monoisotopic (exact) mass is 247 g/mol. The predicted molar refractivity (Wildman–Crippen MR) is 65.6 cm³/mol. The van der Waals surface area contributed by atoms with Crippen LogP contribution in [0.15, 0.2) is 24.3 Å². The average molecular weight is 247 g/mol. The quantitative estimate of drug-likeness (QED) is 0.780. The maximum absolute atomic E-state index is 12.9. The van der Waals surface area contributed by atoms with Crippen LogP contribution in [-0.4, -0.2) is 21.3 Å². The Balaban J connectivity index is 2.49. The summed E-state index contributed by atoms with van der Waals surface area (Å²) in [6, 6.07) is 5.96. The van der Waals surface area contributed by atoms with Crippen LogP contribution in [0, 0.1) is 11.7 Å². The molecule has 0 bridgehead atoms. The van der Waals surface area contributed by atoms with Crippen molar-refractivity contribution in [2.75, 3.05) is 0 Å². The Morgan fingerprint density at radius 3 is 2.56 bits per heavy atom. The molecule has 18 heavy (non-hydrogen) atoms. The SMILES string of the molecule is CC(C)Cn1nnc(C=O)c1-c1ccc(F)cc1. The molecule has 1 heterocycles. The fourth-order valence-electron chi connectivity index (χ4n) is 1.78. The second-order valence-corrected chi connectivity index (χ2v) is 4.52. The van der Waals surface area contributed by atoms with Crippen LogP contribution in [0.5, 0.6) is 0 Å². The van der Waals surface area contributed by atoms with Crippen LogP contribution >= 0.6 is 0 Å². The molecule has 2 aromatic rings. The Labute approximate surface area is 104 Å². The van der Waals surface area contributed by atoms with Gasteiger partial charge in [-0.2, -0.15) is 0 Å². The topological polar surface area (TPSA) is 47.8 Å². The largest absolute Gasteiger partial charge is 0.296 e. The van der Waals surface area contributed by atoms with Crippen molar-refractivity contribution < 1.29 is 9.18 Å². The summed E-state index contributed by atoms with van der Waals surface area (Å²) >= 11 is 0. The first-order valence-corrected chi connectivity index (χ1v) is 5.76. The van der Waals surface area contributed by atoms with Gasteiger partial charge in [-0.25, -0.2) is 9.07 Å². The van der Waals surface area contributed by atoms with Crippen molar-refractivity contribution in [1.29, 1.82) is 0 Å². The average Bonchev–Trinajstić information content (AvgIpc) is 2.72. The van der Waals surface area contributed by atoms with Gasteiger partial charge in [0, 0.05) is 12.1 Å². The minimum atomic E-state index is -0.311. The highest BCUT2D eigenvalue weighted by Gasteiger charge is 2.15. The molecule has 0 aliphatic carbocycles. The van der Waals surface area contributed by atoms with Gasteiger partial charge in [0.25, 0.3) is 0 Å². The fraction of sp³-hybridized carbons (Fsp3) is 0.308. The third-order valence-corrected chi connectivity index (χ3v) is 2.53. The van der Waals surface area contributed by atoms with Crippen LogP contribution in [0.4, 0.5) is 4.39 Å². The number of benzene rings is 1. The molecule has 0 amide bonds. The highest BCUT2D eigenvalue weighted by Crippen LogP contribution is 2.22. The van der Waals surface area contributed by atoms with E-state index in [0.717, 1.165) is 5.56 Å². The summed E-state index contributed by atoms with van der Waals surface area (Å²) in [6.07, 6.45) is 0.669. The maximum atomic E-state index is 12.9. The summed E-state index contributed by atoms with van der Waals surface area (Å²) < 4.78 is 14.6. The summed E-state index contributed by atoms with van der Waals surface area (Å²) in [6.45, 7) is 4.76. The van der Waals surface area contributed by atoms with Crippen molar-refractivity contribution in [3.8, 4) is 11.3 Å². The van der Waals surface area contributed by atoms with Gasteiger partial charge in [-0.1, -0.05) is 19.1 Å². The lowest BCUT2D eigenvalue weighted by Crippen LogP contribution is -2.08. The molecule has 1 aromatic heterocycles. The lowest BCUT2D eigenvalue weighted by molar-refractivity contribution is 0.111. The Morgan fingerprint density at radius 2 is 2.00 bits per heavy atom. The van der Waals surface area contributed by atoms with Gasteiger partial charge in [0.15, 0.2) is 12.0 Å². The third-order valence-electron chi connectivity index (χ3n) is 2.53. The van der Waals surface area contributed by atoms with Gasteiger partial charge in [-0.05, 0) is 30.2 Å². The van der Waals surface area contributed by atoms with Crippen LogP contribution in [0.2, 0.25) is 0 Å². The summed E-state index contributed by atoms with van der Waals surface area (Å²) in [7, 11) is 0. The normalized spacial score (nSPS) is 10.9. The number of nitrogens with zero attached hydrogens (tertiary/aromatic N) is 3. The Kier molecular flexibility index (Phi) is 3.50. The molecule has 5 heteroatoms. The summed E-state index contributed by atoms with van der Waals surface area (Å²) in [5.41, 5.74) is 1.66. The van der Waals surface area contributed by atoms with E-state index in [9.17, 15) is 9.18 Å². The van der Waals surface area contributed by atoms with Crippen LogP contribution in [-0.2, 0) is 6.54 Å². The summed E-state index contributed by atoms with van der Waals surface area (Å²) in [4.78, 5) is 11.0. The van der Waals surface area contributed by atoms with E-state index in [1.54, 1.807) is 16.8 Å². The van der Waals surface area contributed by atoms with Crippen LogP contribution in [0.25, 0.3) is 11.3 Å². The molecular formula is C13H14FN3O. The van der Waals surface area contributed by atoms with Gasteiger partial charge < -0.3 is 0 Å².